The van der Waals surface area contributed by atoms with Gasteiger partial charge in [0.1, 0.15) is 0 Å². The van der Waals surface area contributed by atoms with Gasteiger partial charge in [-0.2, -0.15) is 11.8 Å². The fourth-order valence-corrected chi connectivity index (χ4v) is 3.00. The Labute approximate surface area is 114 Å². The molecule has 2 unspecified atom stereocenters. The van der Waals surface area contributed by atoms with Crippen molar-refractivity contribution < 1.29 is 9.90 Å². The number of thioether (sulfide) groups is 1. The molecule has 1 fully saturated rings. The number of aliphatic hydroxyl groups is 1. The first kappa shape index (κ1) is 15.8. The lowest BCUT2D eigenvalue weighted by Crippen LogP contribution is -2.46. The van der Waals surface area contributed by atoms with Gasteiger partial charge in [-0.1, -0.05) is 19.3 Å². The predicted molar refractivity (Wildman–Crippen MR) is 76.9 cm³/mol. The maximum Gasteiger partial charge on any atom is 0.234 e. The molecule has 0 bridgehead atoms. The van der Waals surface area contributed by atoms with Gasteiger partial charge in [0, 0.05) is 17.3 Å². The van der Waals surface area contributed by atoms with Gasteiger partial charge in [0.05, 0.1) is 13.2 Å². The second-order valence-electron chi connectivity index (χ2n) is 5.03. The molecular formula is C13H26N2O2S. The van der Waals surface area contributed by atoms with E-state index in [1.165, 1.54) is 19.3 Å². The highest BCUT2D eigenvalue weighted by Crippen LogP contribution is 2.17. The summed E-state index contributed by atoms with van der Waals surface area (Å²) in [6.45, 7) is 2.49. The Hall–Kier alpha value is -0.260. The third kappa shape index (κ3) is 5.59. The summed E-state index contributed by atoms with van der Waals surface area (Å²) in [6, 6.07) is 0.514. The smallest absolute Gasteiger partial charge is 0.234 e. The van der Waals surface area contributed by atoms with E-state index in [1.807, 2.05) is 13.2 Å². The monoisotopic (exact) mass is 274 g/mol. The zero-order valence-corrected chi connectivity index (χ0v) is 12.3. The molecule has 0 aromatic carbocycles. The summed E-state index contributed by atoms with van der Waals surface area (Å²) in [4.78, 5) is 11.8. The zero-order valence-electron chi connectivity index (χ0n) is 11.4. The van der Waals surface area contributed by atoms with E-state index in [4.69, 9.17) is 5.11 Å². The summed E-state index contributed by atoms with van der Waals surface area (Å²) < 4.78 is 0. The molecule has 0 aromatic rings. The molecule has 0 aromatic heterocycles. The van der Waals surface area contributed by atoms with E-state index >= 15 is 0 Å². The van der Waals surface area contributed by atoms with Gasteiger partial charge in [0.15, 0.2) is 0 Å². The van der Waals surface area contributed by atoms with E-state index in [9.17, 15) is 4.79 Å². The number of hydrogen-bond donors (Lipinski definition) is 3. The molecule has 0 saturated heterocycles. The summed E-state index contributed by atoms with van der Waals surface area (Å²) in [5.74, 6) is 0.0755. The molecule has 0 aliphatic heterocycles. The van der Waals surface area contributed by atoms with Crippen molar-refractivity contribution in [1.29, 1.82) is 0 Å². The molecule has 0 spiro atoms. The first-order valence-electron chi connectivity index (χ1n) is 6.83. The number of hydrogen-bond acceptors (Lipinski definition) is 4. The van der Waals surface area contributed by atoms with E-state index in [2.05, 4.69) is 10.6 Å². The molecule has 1 amide bonds. The highest BCUT2D eigenvalue weighted by atomic mass is 32.2. The van der Waals surface area contributed by atoms with Crippen molar-refractivity contribution in [2.75, 3.05) is 19.4 Å². The Bertz CT molecular complexity index is 241. The topological polar surface area (TPSA) is 61.4 Å². The second kappa shape index (κ2) is 8.77. The van der Waals surface area contributed by atoms with Crippen molar-refractivity contribution in [1.82, 2.24) is 10.6 Å². The van der Waals surface area contributed by atoms with Crippen LogP contribution in [0.25, 0.3) is 0 Å². The van der Waals surface area contributed by atoms with Crippen molar-refractivity contribution in [2.45, 2.75) is 56.4 Å². The highest BCUT2D eigenvalue weighted by molar-refractivity contribution is 7.99. The number of carbonyl (C=O) groups excluding carboxylic acids is 1. The third-order valence-electron chi connectivity index (χ3n) is 3.60. The Kier molecular flexibility index (Phi) is 7.70. The number of aliphatic hydroxyl groups excluding tert-OH is 1. The molecule has 1 aliphatic carbocycles. The van der Waals surface area contributed by atoms with Gasteiger partial charge >= 0.3 is 0 Å². The Morgan fingerprint density at radius 2 is 2.06 bits per heavy atom. The Morgan fingerprint density at radius 3 is 2.61 bits per heavy atom. The van der Waals surface area contributed by atoms with E-state index in [0.717, 1.165) is 12.8 Å². The van der Waals surface area contributed by atoms with Crippen LogP contribution in [0.1, 0.15) is 39.0 Å². The van der Waals surface area contributed by atoms with E-state index in [-0.39, 0.29) is 23.8 Å². The fraction of sp³-hybridized carbons (Fsp3) is 0.923. The average molecular weight is 274 g/mol. The standard InChI is InChI=1S/C13H26N2O2S/c1-10(12(9-16)18-2)14-8-13(17)15-11-6-4-3-5-7-11/h10-12,14,16H,3-9H2,1-2H3,(H,15,17). The van der Waals surface area contributed by atoms with Crippen LogP contribution in [-0.4, -0.2) is 47.8 Å². The van der Waals surface area contributed by atoms with Gasteiger partial charge in [-0.3, -0.25) is 4.79 Å². The molecule has 4 nitrogen and oxygen atoms in total. The summed E-state index contributed by atoms with van der Waals surface area (Å²) in [5, 5.41) is 15.6. The van der Waals surface area contributed by atoms with Gasteiger partial charge in [-0.15, -0.1) is 0 Å². The van der Waals surface area contributed by atoms with Crippen molar-refractivity contribution in [3.05, 3.63) is 0 Å². The summed E-state index contributed by atoms with van der Waals surface area (Å²) in [7, 11) is 0. The Balaban J connectivity index is 2.19. The lowest BCUT2D eigenvalue weighted by atomic mass is 9.95. The first-order chi connectivity index (χ1) is 8.67. The van der Waals surface area contributed by atoms with Crippen LogP contribution in [0.3, 0.4) is 0 Å². The molecule has 5 heteroatoms. The summed E-state index contributed by atoms with van der Waals surface area (Å²) in [6.07, 6.45) is 7.97. The van der Waals surface area contributed by atoms with Gasteiger partial charge in [-0.05, 0) is 26.0 Å². The van der Waals surface area contributed by atoms with Crippen molar-refractivity contribution in [3.8, 4) is 0 Å². The van der Waals surface area contributed by atoms with Gasteiger partial charge in [0.2, 0.25) is 5.91 Å². The van der Waals surface area contributed by atoms with E-state index < -0.39 is 0 Å². The molecule has 18 heavy (non-hydrogen) atoms. The van der Waals surface area contributed by atoms with Crippen LogP contribution >= 0.6 is 11.8 Å². The molecule has 106 valence electrons. The van der Waals surface area contributed by atoms with Gasteiger partial charge in [0.25, 0.3) is 0 Å². The number of rotatable bonds is 7. The van der Waals surface area contributed by atoms with Crippen LogP contribution in [0.2, 0.25) is 0 Å². The van der Waals surface area contributed by atoms with Crippen molar-refractivity contribution >= 4 is 17.7 Å². The van der Waals surface area contributed by atoms with Gasteiger partial charge in [-0.25, -0.2) is 0 Å². The lowest BCUT2D eigenvalue weighted by molar-refractivity contribution is -0.121. The average Bonchev–Trinajstić information content (AvgIpc) is 2.39. The molecule has 1 aliphatic rings. The number of carbonyl (C=O) groups is 1. The first-order valence-corrected chi connectivity index (χ1v) is 8.12. The largest absolute Gasteiger partial charge is 0.395 e. The quantitative estimate of drug-likeness (QED) is 0.651. The molecule has 0 radical (unpaired) electrons. The molecule has 3 N–H and O–H groups in total. The summed E-state index contributed by atoms with van der Waals surface area (Å²) in [5.41, 5.74) is 0. The normalized spacial score (nSPS) is 20.4. The molecule has 0 heterocycles. The number of nitrogens with one attached hydrogen (secondary N) is 2. The van der Waals surface area contributed by atoms with Crippen LogP contribution in [0, 0.1) is 0 Å². The zero-order chi connectivity index (χ0) is 13.4. The van der Waals surface area contributed by atoms with Crippen LogP contribution < -0.4 is 10.6 Å². The predicted octanol–water partition coefficient (Wildman–Crippen LogP) is 1.14. The maximum atomic E-state index is 11.8. The molecule has 1 rings (SSSR count). The summed E-state index contributed by atoms with van der Waals surface area (Å²) >= 11 is 1.62. The minimum atomic E-state index is 0.0755. The maximum absolute atomic E-state index is 11.8. The van der Waals surface area contributed by atoms with E-state index in [0.29, 0.717) is 12.6 Å². The molecule has 2 atom stereocenters. The minimum Gasteiger partial charge on any atom is -0.395 e. The second-order valence-corrected chi connectivity index (χ2v) is 6.11. The van der Waals surface area contributed by atoms with Crippen LogP contribution in [-0.2, 0) is 4.79 Å². The molecular weight excluding hydrogens is 248 g/mol. The number of amides is 1. The van der Waals surface area contributed by atoms with Crippen LogP contribution in [0.4, 0.5) is 0 Å². The SMILES string of the molecule is CSC(CO)C(C)NCC(=O)NC1CCCCC1. The van der Waals surface area contributed by atoms with Crippen LogP contribution in [0.5, 0.6) is 0 Å². The third-order valence-corrected chi connectivity index (χ3v) is 4.76. The van der Waals surface area contributed by atoms with Gasteiger partial charge < -0.3 is 15.7 Å². The molecule has 1 saturated carbocycles. The van der Waals surface area contributed by atoms with E-state index in [1.54, 1.807) is 11.8 Å². The van der Waals surface area contributed by atoms with Crippen LogP contribution in [0.15, 0.2) is 0 Å². The highest BCUT2D eigenvalue weighted by Gasteiger charge is 2.18. The van der Waals surface area contributed by atoms with Crippen molar-refractivity contribution in [2.24, 2.45) is 0 Å². The Morgan fingerprint density at radius 1 is 1.39 bits per heavy atom. The fourth-order valence-electron chi connectivity index (χ4n) is 2.35. The minimum absolute atomic E-state index is 0.0755. The lowest BCUT2D eigenvalue weighted by Gasteiger charge is -2.24. The van der Waals surface area contributed by atoms with Crippen molar-refractivity contribution in [3.63, 3.8) is 0 Å².